The number of amides is 2. The van der Waals surface area contributed by atoms with Crippen LogP contribution in [0.1, 0.15) is 59.8 Å². The molecule has 0 radical (unpaired) electrons. The van der Waals surface area contributed by atoms with Crippen molar-refractivity contribution >= 4 is 23.2 Å². The number of nitrogens with zero attached hydrogens (tertiary/aromatic N) is 1. The summed E-state index contributed by atoms with van der Waals surface area (Å²) in [5.41, 5.74) is 0.580. The Morgan fingerprint density at radius 1 is 1.15 bits per heavy atom. The number of thiophene rings is 1. The van der Waals surface area contributed by atoms with Crippen molar-refractivity contribution in [2.45, 2.75) is 44.6 Å². The smallest absolute Gasteiger partial charge is 0.257 e. The van der Waals surface area contributed by atoms with Crippen LogP contribution in [-0.2, 0) is 4.79 Å². The van der Waals surface area contributed by atoms with Crippen LogP contribution < -0.4 is 5.32 Å². The summed E-state index contributed by atoms with van der Waals surface area (Å²) in [4.78, 5) is 28.4. The fraction of sp³-hybridized carbons (Fsp3) is 0.524. The first-order chi connectivity index (χ1) is 13.2. The number of nitrogens with one attached hydrogen (secondary N) is 1. The number of furan rings is 1. The van der Waals surface area contributed by atoms with E-state index in [4.69, 9.17) is 4.42 Å². The third-order valence-corrected chi connectivity index (χ3v) is 6.90. The molecule has 1 saturated heterocycles. The Hall–Kier alpha value is -2.08. The van der Waals surface area contributed by atoms with E-state index < -0.39 is 0 Å². The van der Waals surface area contributed by atoms with Crippen molar-refractivity contribution in [1.82, 2.24) is 10.2 Å². The van der Waals surface area contributed by atoms with Crippen LogP contribution in [0.3, 0.4) is 0 Å². The van der Waals surface area contributed by atoms with E-state index in [9.17, 15) is 9.59 Å². The third-order valence-electron chi connectivity index (χ3n) is 5.94. The van der Waals surface area contributed by atoms with E-state index in [1.54, 1.807) is 17.4 Å². The van der Waals surface area contributed by atoms with Crippen LogP contribution in [0.2, 0.25) is 0 Å². The lowest BCUT2D eigenvalue weighted by Gasteiger charge is -2.33. The zero-order valence-electron chi connectivity index (χ0n) is 15.4. The summed E-state index contributed by atoms with van der Waals surface area (Å²) in [6.07, 6.45) is 9.35. The molecule has 6 heteroatoms. The minimum absolute atomic E-state index is 0.00924. The van der Waals surface area contributed by atoms with Crippen LogP contribution in [0, 0.1) is 11.8 Å². The summed E-state index contributed by atoms with van der Waals surface area (Å²) < 4.78 is 5.00. The SMILES string of the molecule is O=C(N[C@H](c1cccs1)C1CCCC1)C1CCN(C(=O)c2ccoc2)CC1. The van der Waals surface area contributed by atoms with Crippen LogP contribution in [0.4, 0.5) is 0 Å². The molecule has 2 amide bonds. The second kappa shape index (κ2) is 8.30. The molecule has 1 aliphatic carbocycles. The van der Waals surface area contributed by atoms with Crippen molar-refractivity contribution in [1.29, 1.82) is 0 Å². The third kappa shape index (κ3) is 4.10. The average Bonchev–Trinajstić information content (AvgIpc) is 3.48. The molecule has 2 aromatic rings. The number of piperidine rings is 1. The van der Waals surface area contributed by atoms with Gasteiger partial charge >= 0.3 is 0 Å². The minimum Gasteiger partial charge on any atom is -0.472 e. The van der Waals surface area contributed by atoms with Crippen molar-refractivity contribution in [3.8, 4) is 0 Å². The molecule has 1 N–H and O–H groups in total. The molecular formula is C21H26N2O3S. The summed E-state index contributed by atoms with van der Waals surface area (Å²) in [5.74, 6) is 0.679. The van der Waals surface area contributed by atoms with Gasteiger partial charge in [-0.3, -0.25) is 9.59 Å². The molecule has 4 rings (SSSR count). The van der Waals surface area contributed by atoms with Crippen LogP contribution >= 0.6 is 11.3 Å². The van der Waals surface area contributed by atoms with Crippen molar-refractivity contribution in [2.24, 2.45) is 11.8 Å². The van der Waals surface area contributed by atoms with E-state index in [0.717, 1.165) is 12.8 Å². The molecule has 2 aliphatic rings. The van der Waals surface area contributed by atoms with Gasteiger partial charge in [0.25, 0.3) is 5.91 Å². The molecule has 27 heavy (non-hydrogen) atoms. The summed E-state index contributed by atoms with van der Waals surface area (Å²) in [6.45, 7) is 1.24. The standard InChI is InChI=1S/C21H26N2O3S/c24-20(22-19(15-4-1-2-5-15)18-6-3-13-27-18)16-7-10-23(11-8-16)21(25)17-9-12-26-14-17/h3,6,9,12-16,19H,1-2,4-5,7-8,10-11H2,(H,22,24)/t19-/m0/s1. The molecule has 3 heterocycles. The van der Waals surface area contributed by atoms with E-state index in [0.29, 0.717) is 24.6 Å². The highest BCUT2D eigenvalue weighted by molar-refractivity contribution is 7.10. The molecule has 0 aromatic carbocycles. The van der Waals surface area contributed by atoms with Gasteiger partial charge in [-0.25, -0.2) is 0 Å². The van der Waals surface area contributed by atoms with Crippen molar-refractivity contribution in [3.05, 3.63) is 46.5 Å². The molecule has 0 unspecified atom stereocenters. The maximum atomic E-state index is 12.9. The quantitative estimate of drug-likeness (QED) is 0.836. The number of hydrogen-bond donors (Lipinski definition) is 1. The van der Waals surface area contributed by atoms with Crippen molar-refractivity contribution in [3.63, 3.8) is 0 Å². The largest absolute Gasteiger partial charge is 0.472 e. The first-order valence-corrected chi connectivity index (χ1v) is 10.8. The fourth-order valence-electron chi connectivity index (χ4n) is 4.36. The van der Waals surface area contributed by atoms with Crippen molar-refractivity contribution in [2.75, 3.05) is 13.1 Å². The fourth-order valence-corrected chi connectivity index (χ4v) is 5.23. The molecule has 2 fully saturated rings. The molecule has 1 atom stereocenters. The van der Waals surface area contributed by atoms with E-state index in [1.165, 1.54) is 43.1 Å². The Bertz CT molecular complexity index is 743. The Kier molecular flexibility index (Phi) is 5.62. The number of rotatable bonds is 5. The van der Waals surface area contributed by atoms with Crippen LogP contribution in [0.5, 0.6) is 0 Å². The lowest BCUT2D eigenvalue weighted by atomic mass is 9.92. The van der Waals surface area contributed by atoms with Gasteiger partial charge in [-0.2, -0.15) is 0 Å². The highest BCUT2D eigenvalue weighted by Gasteiger charge is 2.33. The highest BCUT2D eigenvalue weighted by atomic mass is 32.1. The van der Waals surface area contributed by atoms with Gasteiger partial charge in [0, 0.05) is 23.9 Å². The minimum atomic E-state index is -0.0118. The summed E-state index contributed by atoms with van der Waals surface area (Å²) in [7, 11) is 0. The summed E-state index contributed by atoms with van der Waals surface area (Å²) >= 11 is 1.73. The zero-order valence-corrected chi connectivity index (χ0v) is 16.2. The van der Waals surface area contributed by atoms with Crippen LogP contribution in [0.25, 0.3) is 0 Å². The molecule has 1 saturated carbocycles. The number of carbonyl (C=O) groups is 2. The predicted octanol–water partition coefficient (Wildman–Crippen LogP) is 4.24. The first-order valence-electron chi connectivity index (χ1n) is 9.87. The number of likely N-dealkylation sites (tertiary alicyclic amines) is 1. The molecule has 5 nitrogen and oxygen atoms in total. The average molecular weight is 387 g/mol. The zero-order chi connectivity index (χ0) is 18.6. The van der Waals surface area contributed by atoms with Gasteiger partial charge in [-0.05, 0) is 49.1 Å². The van der Waals surface area contributed by atoms with Gasteiger partial charge < -0.3 is 14.6 Å². The van der Waals surface area contributed by atoms with E-state index in [1.807, 2.05) is 4.90 Å². The molecule has 2 aromatic heterocycles. The molecule has 0 bridgehead atoms. The lowest BCUT2D eigenvalue weighted by molar-refractivity contribution is -0.127. The first kappa shape index (κ1) is 18.3. The number of carbonyl (C=O) groups excluding carboxylic acids is 2. The Morgan fingerprint density at radius 2 is 1.93 bits per heavy atom. The lowest BCUT2D eigenvalue weighted by Crippen LogP contribution is -2.44. The summed E-state index contributed by atoms with van der Waals surface area (Å²) in [6, 6.07) is 6.04. The predicted molar refractivity (Wildman–Crippen MR) is 104 cm³/mol. The molecule has 1 aliphatic heterocycles. The topological polar surface area (TPSA) is 62.6 Å². The Labute approximate surface area is 163 Å². The monoisotopic (exact) mass is 386 g/mol. The van der Waals surface area contributed by atoms with Crippen molar-refractivity contribution < 1.29 is 14.0 Å². The van der Waals surface area contributed by atoms with Gasteiger partial charge in [0.2, 0.25) is 5.91 Å². The van der Waals surface area contributed by atoms with Gasteiger partial charge in [0.1, 0.15) is 6.26 Å². The maximum absolute atomic E-state index is 12.9. The van der Waals surface area contributed by atoms with Gasteiger partial charge in [-0.1, -0.05) is 18.9 Å². The van der Waals surface area contributed by atoms with E-state index in [2.05, 4.69) is 22.8 Å². The normalized spacial score (nSPS) is 19.9. The Morgan fingerprint density at radius 3 is 2.56 bits per heavy atom. The maximum Gasteiger partial charge on any atom is 0.257 e. The molecule has 0 spiro atoms. The molecule has 144 valence electrons. The van der Waals surface area contributed by atoms with E-state index >= 15 is 0 Å². The van der Waals surface area contributed by atoms with Gasteiger partial charge in [-0.15, -0.1) is 11.3 Å². The number of hydrogen-bond acceptors (Lipinski definition) is 4. The van der Waals surface area contributed by atoms with Crippen LogP contribution in [-0.4, -0.2) is 29.8 Å². The summed E-state index contributed by atoms with van der Waals surface area (Å²) in [5, 5.41) is 5.44. The second-order valence-electron chi connectivity index (χ2n) is 7.62. The highest BCUT2D eigenvalue weighted by Crippen LogP contribution is 2.37. The molecular weight excluding hydrogens is 360 g/mol. The van der Waals surface area contributed by atoms with Crippen LogP contribution in [0.15, 0.2) is 40.5 Å². The Balaban J connectivity index is 1.35. The van der Waals surface area contributed by atoms with Gasteiger partial charge in [0.05, 0.1) is 17.9 Å². The van der Waals surface area contributed by atoms with Gasteiger partial charge in [0.15, 0.2) is 0 Å². The van der Waals surface area contributed by atoms with E-state index in [-0.39, 0.29) is 23.8 Å². The second-order valence-corrected chi connectivity index (χ2v) is 8.60.